The summed E-state index contributed by atoms with van der Waals surface area (Å²) in [5.41, 5.74) is -1.07. The van der Waals surface area contributed by atoms with Crippen LogP contribution in [0.2, 0.25) is 0 Å². The fourth-order valence-corrected chi connectivity index (χ4v) is 1.94. The van der Waals surface area contributed by atoms with Gasteiger partial charge in [-0.05, 0) is 24.1 Å². The highest BCUT2D eigenvalue weighted by Gasteiger charge is 2.12. The number of aromatic nitrogens is 3. The molecule has 9 heteroatoms. The number of nitrogens with zero attached hydrogens (tertiary/aromatic N) is 1. The highest BCUT2D eigenvalue weighted by Crippen LogP contribution is 2.27. The minimum absolute atomic E-state index is 0.286. The predicted molar refractivity (Wildman–Crippen MR) is 81.1 cm³/mol. The molecular formula is C14H16N4O5. The Morgan fingerprint density at radius 3 is 2.61 bits per heavy atom. The summed E-state index contributed by atoms with van der Waals surface area (Å²) in [5.74, 6) is 0.544. The smallest absolute Gasteiger partial charge is 0.342 e. The van der Waals surface area contributed by atoms with Crippen molar-refractivity contribution in [3.63, 3.8) is 0 Å². The molecule has 122 valence electrons. The third-order valence-corrected chi connectivity index (χ3v) is 3.07. The lowest BCUT2D eigenvalue weighted by Crippen LogP contribution is -2.36. The molecule has 0 saturated carbocycles. The van der Waals surface area contributed by atoms with Crippen molar-refractivity contribution in [2.45, 2.75) is 6.42 Å². The number of methoxy groups -OCH3 is 2. The Hall–Kier alpha value is -3.10. The number of ether oxygens (including phenoxy) is 2. The Morgan fingerprint density at radius 2 is 1.96 bits per heavy atom. The van der Waals surface area contributed by atoms with Gasteiger partial charge in [0.2, 0.25) is 5.69 Å². The molecule has 1 amide bonds. The molecule has 0 aliphatic rings. The van der Waals surface area contributed by atoms with E-state index in [1.165, 1.54) is 7.11 Å². The van der Waals surface area contributed by atoms with Crippen LogP contribution in [-0.4, -0.2) is 41.9 Å². The molecule has 0 atom stereocenters. The first-order chi connectivity index (χ1) is 11.0. The Balaban J connectivity index is 1.98. The van der Waals surface area contributed by atoms with Crippen LogP contribution >= 0.6 is 0 Å². The molecule has 1 aromatic heterocycles. The van der Waals surface area contributed by atoms with E-state index in [1.54, 1.807) is 19.2 Å². The molecule has 0 fully saturated rings. The minimum atomic E-state index is -0.836. The summed E-state index contributed by atoms with van der Waals surface area (Å²) in [4.78, 5) is 36.1. The topological polar surface area (TPSA) is 126 Å². The quantitative estimate of drug-likeness (QED) is 0.655. The molecule has 0 unspecified atom stereocenters. The Labute approximate surface area is 130 Å². The molecule has 0 bridgehead atoms. The van der Waals surface area contributed by atoms with Gasteiger partial charge < -0.3 is 14.8 Å². The van der Waals surface area contributed by atoms with Gasteiger partial charge in [-0.1, -0.05) is 6.07 Å². The number of carbonyl (C=O) groups is 1. The first kappa shape index (κ1) is 16.3. The van der Waals surface area contributed by atoms with Crippen LogP contribution in [0.4, 0.5) is 0 Å². The van der Waals surface area contributed by atoms with Gasteiger partial charge in [0.05, 0.1) is 14.2 Å². The van der Waals surface area contributed by atoms with Crippen LogP contribution < -0.4 is 26.0 Å². The van der Waals surface area contributed by atoms with Crippen LogP contribution in [-0.2, 0) is 6.42 Å². The van der Waals surface area contributed by atoms with Crippen LogP contribution in [0.1, 0.15) is 16.1 Å². The molecule has 0 radical (unpaired) electrons. The van der Waals surface area contributed by atoms with Crippen LogP contribution in [0.25, 0.3) is 0 Å². The van der Waals surface area contributed by atoms with Gasteiger partial charge in [0.1, 0.15) is 0 Å². The van der Waals surface area contributed by atoms with Gasteiger partial charge in [0, 0.05) is 6.54 Å². The average Bonchev–Trinajstić information content (AvgIpc) is 2.54. The average molecular weight is 320 g/mol. The van der Waals surface area contributed by atoms with E-state index in [0.717, 1.165) is 5.56 Å². The van der Waals surface area contributed by atoms with Crippen LogP contribution in [0, 0.1) is 0 Å². The second-order valence-corrected chi connectivity index (χ2v) is 4.55. The fraction of sp³-hybridized carbons (Fsp3) is 0.286. The largest absolute Gasteiger partial charge is 0.493 e. The van der Waals surface area contributed by atoms with Gasteiger partial charge in [0.25, 0.3) is 11.5 Å². The monoisotopic (exact) mass is 320 g/mol. The number of amides is 1. The molecular weight excluding hydrogens is 304 g/mol. The maximum absolute atomic E-state index is 11.8. The Morgan fingerprint density at radius 1 is 1.22 bits per heavy atom. The summed E-state index contributed by atoms with van der Waals surface area (Å²) in [6, 6.07) is 5.42. The van der Waals surface area contributed by atoms with Gasteiger partial charge in [0.15, 0.2) is 11.5 Å². The molecule has 3 N–H and O–H groups in total. The van der Waals surface area contributed by atoms with Crippen LogP contribution in [0.15, 0.2) is 27.8 Å². The summed E-state index contributed by atoms with van der Waals surface area (Å²) in [6.07, 6.45) is 0.521. The number of benzene rings is 1. The van der Waals surface area contributed by atoms with Crippen molar-refractivity contribution in [3.8, 4) is 11.5 Å². The fourth-order valence-electron chi connectivity index (χ4n) is 1.94. The lowest BCUT2D eigenvalue weighted by molar-refractivity contribution is 0.0946. The summed E-state index contributed by atoms with van der Waals surface area (Å²) in [5, 5.41) is 7.99. The molecule has 0 saturated heterocycles. The number of carbonyl (C=O) groups excluding carboxylic acids is 1. The van der Waals surface area contributed by atoms with Crippen molar-refractivity contribution >= 4 is 5.91 Å². The summed E-state index contributed by atoms with van der Waals surface area (Å²) >= 11 is 0. The van der Waals surface area contributed by atoms with E-state index in [2.05, 4.69) is 10.4 Å². The number of hydrogen-bond acceptors (Lipinski definition) is 6. The van der Waals surface area contributed by atoms with Gasteiger partial charge in [-0.3, -0.25) is 14.6 Å². The van der Waals surface area contributed by atoms with E-state index < -0.39 is 22.9 Å². The highest BCUT2D eigenvalue weighted by atomic mass is 16.5. The number of nitrogens with one attached hydrogen (secondary N) is 3. The second kappa shape index (κ2) is 7.25. The zero-order chi connectivity index (χ0) is 16.8. The maximum Gasteiger partial charge on any atom is 0.342 e. The van der Waals surface area contributed by atoms with Gasteiger partial charge in [-0.2, -0.15) is 5.10 Å². The van der Waals surface area contributed by atoms with Crippen LogP contribution in [0.5, 0.6) is 11.5 Å². The third kappa shape index (κ3) is 3.96. The second-order valence-electron chi connectivity index (χ2n) is 4.55. The normalized spacial score (nSPS) is 10.2. The van der Waals surface area contributed by atoms with Crippen molar-refractivity contribution in [3.05, 3.63) is 50.3 Å². The lowest BCUT2D eigenvalue weighted by atomic mass is 10.1. The summed E-state index contributed by atoms with van der Waals surface area (Å²) < 4.78 is 10.3. The molecule has 2 rings (SSSR count). The molecule has 2 aromatic rings. The van der Waals surface area contributed by atoms with Crippen molar-refractivity contribution in [1.29, 1.82) is 0 Å². The molecule has 1 aromatic carbocycles. The first-order valence-corrected chi connectivity index (χ1v) is 6.73. The van der Waals surface area contributed by atoms with Crippen LogP contribution in [0.3, 0.4) is 0 Å². The van der Waals surface area contributed by atoms with Crippen molar-refractivity contribution in [2.24, 2.45) is 0 Å². The number of H-pyrrole nitrogens is 2. The SMILES string of the molecule is COc1ccc(CCNC(=O)c2n[nH]c(=O)[nH]c2=O)cc1OC. The van der Waals surface area contributed by atoms with E-state index in [4.69, 9.17) is 9.47 Å². The van der Waals surface area contributed by atoms with Crippen molar-refractivity contribution in [2.75, 3.05) is 20.8 Å². The first-order valence-electron chi connectivity index (χ1n) is 6.73. The van der Waals surface area contributed by atoms with E-state index in [1.807, 2.05) is 16.1 Å². The van der Waals surface area contributed by atoms with Gasteiger partial charge >= 0.3 is 5.69 Å². The van der Waals surface area contributed by atoms with Gasteiger partial charge in [-0.15, -0.1) is 0 Å². The van der Waals surface area contributed by atoms with E-state index in [9.17, 15) is 14.4 Å². The van der Waals surface area contributed by atoms with Crippen molar-refractivity contribution < 1.29 is 14.3 Å². The minimum Gasteiger partial charge on any atom is -0.493 e. The molecule has 0 aliphatic carbocycles. The molecule has 9 nitrogen and oxygen atoms in total. The zero-order valence-electron chi connectivity index (χ0n) is 12.6. The summed E-state index contributed by atoms with van der Waals surface area (Å²) in [7, 11) is 3.09. The Bertz CT molecular complexity index is 811. The Kier molecular flexibility index (Phi) is 5.13. The number of hydrogen-bond donors (Lipinski definition) is 3. The van der Waals surface area contributed by atoms with E-state index in [0.29, 0.717) is 17.9 Å². The zero-order valence-corrected chi connectivity index (χ0v) is 12.6. The predicted octanol–water partition coefficient (Wildman–Crippen LogP) is -0.552. The lowest BCUT2D eigenvalue weighted by Gasteiger charge is -2.09. The maximum atomic E-state index is 11.8. The van der Waals surface area contributed by atoms with E-state index in [-0.39, 0.29) is 6.54 Å². The molecule has 1 heterocycles. The summed E-state index contributed by atoms with van der Waals surface area (Å²) in [6.45, 7) is 0.286. The van der Waals surface area contributed by atoms with E-state index >= 15 is 0 Å². The standard InChI is InChI=1S/C14H16N4O5/c1-22-9-4-3-8(7-10(9)23-2)5-6-15-12(19)11-13(20)16-14(21)18-17-11/h3-4,7H,5-6H2,1-2H3,(H,15,19)(H2,16,18,20,21). The molecule has 0 aliphatic heterocycles. The highest BCUT2D eigenvalue weighted by molar-refractivity contribution is 5.91. The number of aromatic amines is 2. The molecule has 0 spiro atoms. The van der Waals surface area contributed by atoms with Gasteiger partial charge in [-0.25, -0.2) is 9.89 Å². The van der Waals surface area contributed by atoms with Crippen molar-refractivity contribution in [1.82, 2.24) is 20.5 Å². The molecule has 23 heavy (non-hydrogen) atoms. The third-order valence-electron chi connectivity index (χ3n) is 3.07. The number of rotatable bonds is 6.